The van der Waals surface area contributed by atoms with Gasteiger partial charge in [-0.25, -0.2) is 4.98 Å². The van der Waals surface area contributed by atoms with E-state index in [1.54, 1.807) is 0 Å². The van der Waals surface area contributed by atoms with Gasteiger partial charge < -0.3 is 4.74 Å². The van der Waals surface area contributed by atoms with E-state index >= 15 is 0 Å². The Labute approximate surface area is 157 Å². The summed E-state index contributed by atoms with van der Waals surface area (Å²) in [5.41, 5.74) is 5.27. The predicted octanol–water partition coefficient (Wildman–Crippen LogP) is 5.06. The quantitative estimate of drug-likeness (QED) is 0.686. The summed E-state index contributed by atoms with van der Waals surface area (Å²) in [6.45, 7) is 7.99. The molecule has 5 heteroatoms. The molecule has 4 nitrogen and oxygen atoms in total. The molecule has 1 N–H and O–H groups in total. The van der Waals surface area contributed by atoms with Crippen molar-refractivity contribution in [3.8, 4) is 17.0 Å². The molecule has 0 atom stereocenters. The van der Waals surface area contributed by atoms with E-state index < -0.39 is 0 Å². The second-order valence-corrected chi connectivity index (χ2v) is 7.60. The van der Waals surface area contributed by atoms with Crippen molar-refractivity contribution < 1.29 is 9.53 Å². The fraction of sp³-hybridized carbons (Fsp3) is 0.238. The first kappa shape index (κ1) is 18.1. The summed E-state index contributed by atoms with van der Waals surface area (Å²) in [6.07, 6.45) is 0. The second kappa shape index (κ2) is 7.70. The fourth-order valence-corrected chi connectivity index (χ4v) is 3.44. The van der Waals surface area contributed by atoms with E-state index in [0.29, 0.717) is 5.13 Å². The van der Waals surface area contributed by atoms with Crippen molar-refractivity contribution >= 4 is 22.4 Å². The molecule has 1 heterocycles. The molecule has 0 fully saturated rings. The Balaban J connectivity index is 1.65. The topological polar surface area (TPSA) is 51.2 Å². The maximum Gasteiger partial charge on any atom is 0.264 e. The summed E-state index contributed by atoms with van der Waals surface area (Å²) in [7, 11) is 0. The zero-order chi connectivity index (χ0) is 18.7. The Hall–Kier alpha value is -2.66. The number of nitrogens with one attached hydrogen (secondary N) is 1. The molecule has 0 unspecified atom stereocenters. The van der Waals surface area contributed by atoms with Crippen LogP contribution in [0.3, 0.4) is 0 Å². The molecule has 0 spiro atoms. The molecule has 0 saturated carbocycles. The maximum atomic E-state index is 12.2. The van der Waals surface area contributed by atoms with E-state index in [4.69, 9.17) is 4.74 Å². The van der Waals surface area contributed by atoms with Crippen LogP contribution in [0.15, 0.2) is 42.5 Å². The van der Waals surface area contributed by atoms with Crippen LogP contribution in [0.4, 0.5) is 5.13 Å². The number of anilines is 1. The van der Waals surface area contributed by atoms with Crippen molar-refractivity contribution in [1.82, 2.24) is 4.98 Å². The van der Waals surface area contributed by atoms with Crippen LogP contribution in [-0.4, -0.2) is 17.5 Å². The average molecular weight is 366 g/mol. The molecule has 1 aromatic heterocycles. The summed E-state index contributed by atoms with van der Waals surface area (Å²) in [5.74, 6) is 0.519. The number of nitrogens with zero attached hydrogens (tertiary/aromatic N) is 1. The number of thiazole rings is 1. The number of hydrogen-bond donors (Lipinski definition) is 1. The number of carbonyl (C=O) groups is 1. The lowest BCUT2D eigenvalue weighted by Gasteiger charge is -2.09. The number of carbonyl (C=O) groups excluding carboxylic acids is 1. The van der Waals surface area contributed by atoms with Crippen LogP contribution >= 0.6 is 11.3 Å². The predicted molar refractivity (Wildman–Crippen MR) is 107 cm³/mol. The highest BCUT2D eigenvalue weighted by Crippen LogP contribution is 2.30. The van der Waals surface area contributed by atoms with Gasteiger partial charge in [-0.3, -0.25) is 10.1 Å². The van der Waals surface area contributed by atoms with Crippen molar-refractivity contribution in [3.63, 3.8) is 0 Å². The summed E-state index contributed by atoms with van der Waals surface area (Å²) in [6, 6.07) is 14.2. The molecular formula is C21H22N2O2S. The molecule has 134 valence electrons. The van der Waals surface area contributed by atoms with Crippen LogP contribution in [0.1, 0.15) is 21.6 Å². The molecule has 2 aromatic carbocycles. The first-order chi connectivity index (χ1) is 12.4. The molecule has 26 heavy (non-hydrogen) atoms. The third kappa shape index (κ3) is 4.29. The van der Waals surface area contributed by atoms with Gasteiger partial charge >= 0.3 is 0 Å². The molecule has 0 aliphatic carbocycles. The van der Waals surface area contributed by atoms with E-state index in [-0.39, 0.29) is 12.5 Å². The standard InChI is InChI=1S/C21H22N2O2S/c1-13-6-9-17(10-7-13)20-16(4)26-21(23-20)22-19(24)12-25-18-11-14(2)5-8-15(18)3/h5-11H,12H2,1-4H3,(H,22,23,24). The zero-order valence-electron chi connectivity index (χ0n) is 15.4. The molecule has 0 aliphatic heterocycles. The monoisotopic (exact) mass is 366 g/mol. The number of benzene rings is 2. The molecule has 0 saturated heterocycles. The van der Waals surface area contributed by atoms with Crippen molar-refractivity contribution in [3.05, 3.63) is 64.0 Å². The van der Waals surface area contributed by atoms with Gasteiger partial charge in [0, 0.05) is 10.4 Å². The number of aryl methyl sites for hydroxylation is 4. The largest absolute Gasteiger partial charge is 0.483 e. The number of amides is 1. The number of aromatic nitrogens is 1. The second-order valence-electron chi connectivity index (χ2n) is 6.40. The maximum absolute atomic E-state index is 12.2. The molecule has 3 rings (SSSR count). The molecule has 3 aromatic rings. The smallest absolute Gasteiger partial charge is 0.264 e. The summed E-state index contributed by atoms with van der Waals surface area (Å²) in [5, 5.41) is 3.42. The van der Waals surface area contributed by atoms with Gasteiger partial charge in [0.1, 0.15) is 5.75 Å². The Kier molecular flexibility index (Phi) is 5.38. The SMILES string of the molecule is Cc1ccc(-c2nc(NC(=O)COc3cc(C)ccc3C)sc2C)cc1. The lowest BCUT2D eigenvalue weighted by molar-refractivity contribution is -0.118. The third-order valence-electron chi connectivity index (χ3n) is 4.07. The van der Waals surface area contributed by atoms with E-state index in [1.807, 2.05) is 51.1 Å². The highest BCUT2D eigenvalue weighted by atomic mass is 32.1. The highest BCUT2D eigenvalue weighted by molar-refractivity contribution is 7.16. The van der Waals surface area contributed by atoms with Crippen LogP contribution in [0.25, 0.3) is 11.3 Å². The number of hydrogen-bond acceptors (Lipinski definition) is 4. The Morgan fingerprint density at radius 2 is 1.73 bits per heavy atom. The summed E-state index contributed by atoms with van der Waals surface area (Å²) < 4.78 is 5.65. The third-order valence-corrected chi connectivity index (χ3v) is 4.96. The zero-order valence-corrected chi connectivity index (χ0v) is 16.2. The molecule has 0 bridgehead atoms. The van der Waals surface area contributed by atoms with E-state index in [1.165, 1.54) is 16.9 Å². The minimum Gasteiger partial charge on any atom is -0.483 e. The average Bonchev–Trinajstić information content (AvgIpc) is 2.96. The van der Waals surface area contributed by atoms with Gasteiger partial charge in [0.05, 0.1) is 5.69 Å². The van der Waals surface area contributed by atoms with Crippen LogP contribution < -0.4 is 10.1 Å². The van der Waals surface area contributed by atoms with E-state index in [0.717, 1.165) is 33.0 Å². The van der Waals surface area contributed by atoms with Crippen molar-refractivity contribution in [2.24, 2.45) is 0 Å². The van der Waals surface area contributed by atoms with Crippen LogP contribution in [-0.2, 0) is 4.79 Å². The van der Waals surface area contributed by atoms with Crippen LogP contribution in [0.2, 0.25) is 0 Å². The molecule has 1 amide bonds. The minimum atomic E-state index is -0.213. The first-order valence-corrected chi connectivity index (χ1v) is 9.28. The van der Waals surface area contributed by atoms with Gasteiger partial charge in [-0.05, 0) is 44.9 Å². The highest BCUT2D eigenvalue weighted by Gasteiger charge is 2.13. The lowest BCUT2D eigenvalue weighted by Crippen LogP contribution is -2.20. The molecule has 0 radical (unpaired) electrons. The van der Waals surface area contributed by atoms with Crippen LogP contribution in [0.5, 0.6) is 5.75 Å². The summed E-state index contributed by atoms with van der Waals surface area (Å²) >= 11 is 1.47. The van der Waals surface area contributed by atoms with Gasteiger partial charge in [0.15, 0.2) is 11.7 Å². The van der Waals surface area contributed by atoms with Gasteiger partial charge in [0.2, 0.25) is 0 Å². The van der Waals surface area contributed by atoms with Gasteiger partial charge in [0.25, 0.3) is 5.91 Å². The fourth-order valence-electron chi connectivity index (χ4n) is 2.59. The Morgan fingerprint density at radius 1 is 1.04 bits per heavy atom. The van der Waals surface area contributed by atoms with Crippen molar-refractivity contribution in [1.29, 1.82) is 0 Å². The van der Waals surface area contributed by atoms with Crippen molar-refractivity contribution in [2.75, 3.05) is 11.9 Å². The van der Waals surface area contributed by atoms with E-state index in [9.17, 15) is 4.79 Å². The lowest BCUT2D eigenvalue weighted by atomic mass is 10.1. The van der Waals surface area contributed by atoms with Crippen molar-refractivity contribution in [2.45, 2.75) is 27.7 Å². The summed E-state index contributed by atoms with van der Waals surface area (Å²) in [4.78, 5) is 17.9. The normalized spacial score (nSPS) is 10.6. The number of rotatable bonds is 5. The first-order valence-electron chi connectivity index (χ1n) is 8.47. The Bertz CT molecular complexity index is 930. The van der Waals surface area contributed by atoms with Gasteiger partial charge in [-0.1, -0.05) is 42.0 Å². The Morgan fingerprint density at radius 3 is 2.46 bits per heavy atom. The number of ether oxygens (including phenoxy) is 1. The van der Waals surface area contributed by atoms with Gasteiger partial charge in [-0.15, -0.1) is 11.3 Å². The van der Waals surface area contributed by atoms with Crippen LogP contribution in [0, 0.1) is 27.7 Å². The van der Waals surface area contributed by atoms with E-state index in [2.05, 4.69) is 29.4 Å². The molecule has 0 aliphatic rings. The molecular weight excluding hydrogens is 344 g/mol. The van der Waals surface area contributed by atoms with Gasteiger partial charge in [-0.2, -0.15) is 0 Å². The minimum absolute atomic E-state index is 0.0389.